The molecule has 0 atom stereocenters. The van der Waals surface area contributed by atoms with Gasteiger partial charge in [0.05, 0.1) is 21.7 Å². The highest BCUT2D eigenvalue weighted by Crippen LogP contribution is 2.36. The molecule has 154 valence electrons. The lowest BCUT2D eigenvalue weighted by Crippen LogP contribution is -2.22. The molecule has 12 heteroatoms. The summed E-state index contributed by atoms with van der Waals surface area (Å²) in [5, 5.41) is 15.4. The maximum absolute atomic E-state index is 13.0. The number of esters is 1. The lowest BCUT2D eigenvalue weighted by molar-refractivity contribution is -0.384. The smallest absolute Gasteiger partial charge is 0.418 e. The summed E-state index contributed by atoms with van der Waals surface area (Å²) in [5.41, 5.74) is -2.15. The highest BCUT2D eigenvalue weighted by Gasteiger charge is 2.34. The molecule has 29 heavy (non-hydrogen) atoms. The first-order valence-corrected chi connectivity index (χ1v) is 8.20. The second-order valence-corrected chi connectivity index (χ2v) is 5.99. The fourth-order valence-corrected chi connectivity index (χ4v) is 2.45. The minimum Gasteiger partial charge on any atom is -0.452 e. The summed E-state index contributed by atoms with van der Waals surface area (Å²) in [6.45, 7) is -0.902. The molecule has 2 aromatic carbocycles. The van der Waals surface area contributed by atoms with Crippen molar-refractivity contribution in [2.45, 2.75) is 6.18 Å². The van der Waals surface area contributed by atoms with E-state index >= 15 is 0 Å². The normalized spacial score (nSPS) is 10.9. The lowest BCUT2D eigenvalue weighted by Gasteiger charge is -2.14. The number of carbonyl (C=O) groups is 2. The van der Waals surface area contributed by atoms with Gasteiger partial charge in [0.25, 0.3) is 11.6 Å². The monoisotopic (exact) mass is 431 g/mol. The second kappa shape index (κ2) is 8.78. The average Bonchev–Trinajstić information content (AvgIpc) is 2.66. The molecule has 0 fully saturated rings. The number of ether oxygens (including phenoxy) is 1. The topological polar surface area (TPSA) is 111 Å². The lowest BCUT2D eigenvalue weighted by atomic mass is 10.1. The zero-order chi connectivity index (χ0) is 21.8. The van der Waals surface area contributed by atoms with Gasteiger partial charge in [-0.05, 0) is 30.3 Å². The van der Waals surface area contributed by atoms with Crippen molar-refractivity contribution >= 4 is 40.5 Å². The molecule has 2 rings (SSSR count). The fraction of sp³-hybridized carbons (Fsp3) is 0.176. The summed E-state index contributed by atoms with van der Waals surface area (Å²) < 4.78 is 43.8. The molecule has 0 bridgehead atoms. The Hall–Kier alpha value is -3.34. The van der Waals surface area contributed by atoms with Gasteiger partial charge in [0.2, 0.25) is 0 Å². The van der Waals surface area contributed by atoms with Crippen LogP contribution >= 0.6 is 11.6 Å². The summed E-state index contributed by atoms with van der Waals surface area (Å²) in [6, 6.07) is 6.22. The van der Waals surface area contributed by atoms with Gasteiger partial charge in [0.1, 0.15) is 5.69 Å². The Morgan fingerprint density at radius 3 is 2.41 bits per heavy atom. The molecule has 0 aliphatic rings. The Morgan fingerprint density at radius 2 is 1.83 bits per heavy atom. The van der Waals surface area contributed by atoms with Crippen molar-refractivity contribution in [2.24, 2.45) is 0 Å². The van der Waals surface area contributed by atoms with Crippen LogP contribution in [0.25, 0.3) is 0 Å². The van der Waals surface area contributed by atoms with Gasteiger partial charge in [-0.15, -0.1) is 0 Å². The Balaban J connectivity index is 2.08. The van der Waals surface area contributed by atoms with Gasteiger partial charge < -0.3 is 15.4 Å². The van der Waals surface area contributed by atoms with E-state index in [0.29, 0.717) is 6.07 Å². The third-order valence-electron chi connectivity index (χ3n) is 3.59. The number of alkyl halides is 3. The summed E-state index contributed by atoms with van der Waals surface area (Å²) in [4.78, 5) is 34.2. The summed E-state index contributed by atoms with van der Waals surface area (Å²) in [6.07, 6.45) is -4.77. The Bertz CT molecular complexity index is 966. The number of carbonyl (C=O) groups excluding carboxylic acids is 2. The predicted octanol–water partition coefficient (Wildman–Crippen LogP) is 4.10. The van der Waals surface area contributed by atoms with Crippen LogP contribution in [-0.4, -0.2) is 30.5 Å². The Kier molecular flexibility index (Phi) is 6.64. The number of halogens is 4. The van der Waals surface area contributed by atoms with E-state index in [1.165, 1.54) is 19.2 Å². The molecule has 0 aliphatic carbocycles. The van der Waals surface area contributed by atoms with Crippen molar-refractivity contribution in [1.29, 1.82) is 0 Å². The number of nitro groups is 1. The van der Waals surface area contributed by atoms with Crippen LogP contribution in [-0.2, 0) is 15.7 Å². The van der Waals surface area contributed by atoms with Gasteiger partial charge in [0.15, 0.2) is 6.61 Å². The van der Waals surface area contributed by atoms with Crippen molar-refractivity contribution in [3.05, 3.63) is 62.7 Å². The first-order valence-electron chi connectivity index (χ1n) is 7.83. The maximum atomic E-state index is 13.0. The van der Waals surface area contributed by atoms with Crippen LogP contribution in [0.15, 0.2) is 36.4 Å². The molecule has 2 aromatic rings. The van der Waals surface area contributed by atoms with Gasteiger partial charge in [-0.3, -0.25) is 14.9 Å². The van der Waals surface area contributed by atoms with Crippen LogP contribution in [0, 0.1) is 10.1 Å². The molecular weight excluding hydrogens is 419 g/mol. The van der Waals surface area contributed by atoms with Crippen LogP contribution in [0.4, 0.5) is 30.2 Å². The largest absolute Gasteiger partial charge is 0.452 e. The van der Waals surface area contributed by atoms with Gasteiger partial charge in [-0.2, -0.15) is 13.2 Å². The molecule has 1 amide bonds. The van der Waals surface area contributed by atoms with Crippen molar-refractivity contribution in [2.75, 3.05) is 24.3 Å². The van der Waals surface area contributed by atoms with E-state index in [9.17, 15) is 32.9 Å². The minimum atomic E-state index is -4.77. The molecule has 0 radical (unpaired) electrons. The standard InChI is InChI=1S/C17H13ClF3N3O5/c1-22-13-4-2-9(6-14(13)24(27)28)16(26)29-8-15(25)23-12-5-3-10(18)7-11(12)17(19,20)21/h2-7,22H,8H2,1H3,(H,23,25). The number of nitrogens with zero attached hydrogens (tertiary/aromatic N) is 1. The van der Waals surface area contributed by atoms with Crippen LogP contribution in [0.2, 0.25) is 5.02 Å². The third-order valence-corrected chi connectivity index (χ3v) is 3.83. The van der Waals surface area contributed by atoms with Gasteiger partial charge in [0, 0.05) is 18.1 Å². The van der Waals surface area contributed by atoms with Crippen LogP contribution in [0.1, 0.15) is 15.9 Å². The third kappa shape index (κ3) is 5.57. The van der Waals surface area contributed by atoms with E-state index in [1.807, 2.05) is 5.32 Å². The molecule has 8 nitrogen and oxygen atoms in total. The van der Waals surface area contributed by atoms with E-state index < -0.39 is 40.8 Å². The molecule has 0 unspecified atom stereocenters. The van der Waals surface area contributed by atoms with Gasteiger partial charge in [-0.25, -0.2) is 4.79 Å². The number of hydrogen-bond acceptors (Lipinski definition) is 6. The van der Waals surface area contributed by atoms with E-state index in [1.54, 1.807) is 0 Å². The fourth-order valence-electron chi connectivity index (χ4n) is 2.28. The summed E-state index contributed by atoms with van der Waals surface area (Å²) >= 11 is 5.55. The zero-order valence-corrected chi connectivity index (χ0v) is 15.4. The molecule has 2 N–H and O–H groups in total. The molecule has 0 spiro atoms. The number of nitrogens with one attached hydrogen (secondary N) is 2. The number of rotatable bonds is 6. The zero-order valence-electron chi connectivity index (χ0n) is 14.7. The van der Waals surface area contributed by atoms with E-state index in [0.717, 1.165) is 18.2 Å². The Morgan fingerprint density at radius 1 is 1.17 bits per heavy atom. The van der Waals surface area contributed by atoms with Gasteiger partial charge >= 0.3 is 12.1 Å². The van der Waals surface area contributed by atoms with Crippen molar-refractivity contribution < 1.29 is 32.4 Å². The van der Waals surface area contributed by atoms with Crippen LogP contribution in [0.3, 0.4) is 0 Å². The number of amides is 1. The van der Waals surface area contributed by atoms with Gasteiger partial charge in [-0.1, -0.05) is 11.6 Å². The number of nitro benzene ring substituents is 1. The second-order valence-electron chi connectivity index (χ2n) is 5.55. The first-order chi connectivity index (χ1) is 13.5. The molecule has 0 heterocycles. The van der Waals surface area contributed by atoms with E-state index in [-0.39, 0.29) is 22.0 Å². The molecule has 0 aromatic heterocycles. The van der Waals surface area contributed by atoms with Crippen molar-refractivity contribution in [1.82, 2.24) is 0 Å². The summed E-state index contributed by atoms with van der Waals surface area (Å²) in [7, 11) is 1.45. The van der Waals surface area contributed by atoms with Crippen molar-refractivity contribution in [3.63, 3.8) is 0 Å². The van der Waals surface area contributed by atoms with E-state index in [4.69, 9.17) is 16.3 Å². The van der Waals surface area contributed by atoms with E-state index in [2.05, 4.69) is 5.32 Å². The number of benzene rings is 2. The number of hydrogen-bond donors (Lipinski definition) is 2. The molecule has 0 saturated heterocycles. The molecule has 0 aliphatic heterocycles. The predicted molar refractivity (Wildman–Crippen MR) is 98.0 cm³/mol. The number of anilines is 2. The van der Waals surface area contributed by atoms with Crippen molar-refractivity contribution in [3.8, 4) is 0 Å². The first kappa shape index (κ1) is 22.0. The molecule has 0 saturated carbocycles. The SMILES string of the molecule is CNc1ccc(C(=O)OCC(=O)Nc2ccc(Cl)cc2C(F)(F)F)cc1[N+](=O)[O-]. The van der Waals surface area contributed by atoms with Crippen LogP contribution < -0.4 is 10.6 Å². The molecular formula is C17H13ClF3N3O5. The average molecular weight is 432 g/mol. The highest BCUT2D eigenvalue weighted by molar-refractivity contribution is 6.30. The summed E-state index contributed by atoms with van der Waals surface area (Å²) in [5.74, 6) is -2.09. The van der Waals surface area contributed by atoms with Crippen LogP contribution in [0.5, 0.6) is 0 Å². The maximum Gasteiger partial charge on any atom is 0.418 e. The Labute approximate surface area is 166 Å². The quantitative estimate of drug-likeness (QED) is 0.404. The minimum absolute atomic E-state index is 0.159. The highest BCUT2D eigenvalue weighted by atomic mass is 35.5.